The van der Waals surface area contributed by atoms with Crippen LogP contribution in [0.15, 0.2) is 12.1 Å². The number of halogens is 2. The van der Waals surface area contributed by atoms with E-state index >= 15 is 0 Å². The van der Waals surface area contributed by atoms with Gasteiger partial charge in [-0.15, -0.1) is 0 Å². The molecular weight excluding hydrogens is 283 g/mol. The number of hydrogen-bond acceptors (Lipinski definition) is 2. The molecule has 0 heterocycles. The van der Waals surface area contributed by atoms with Gasteiger partial charge in [-0.05, 0) is 24.5 Å². The Hall–Kier alpha value is -0.930. The zero-order valence-corrected chi connectivity index (χ0v) is 13.4. The number of carbonyl (C=O) groups is 1. The first-order valence-corrected chi connectivity index (χ1v) is 6.83. The molecule has 0 aliphatic carbocycles. The second-order valence-corrected chi connectivity index (χ2v) is 6.61. The van der Waals surface area contributed by atoms with E-state index in [4.69, 9.17) is 28.9 Å². The molecular formula is C14H20Cl2N2O. The Labute approximate surface area is 124 Å². The van der Waals surface area contributed by atoms with Gasteiger partial charge in [-0.1, -0.05) is 44.0 Å². The Bertz CT molecular complexity index is 495. The van der Waals surface area contributed by atoms with Gasteiger partial charge in [-0.2, -0.15) is 0 Å². The van der Waals surface area contributed by atoms with E-state index in [0.717, 1.165) is 0 Å². The van der Waals surface area contributed by atoms with E-state index < -0.39 is 0 Å². The summed E-state index contributed by atoms with van der Waals surface area (Å²) < 4.78 is 0. The third kappa shape index (κ3) is 3.54. The fraction of sp³-hybridized carbons (Fsp3) is 0.500. The number of hydrogen-bond donors (Lipinski definition) is 1. The van der Waals surface area contributed by atoms with Crippen LogP contribution in [0.3, 0.4) is 0 Å². The molecule has 1 atom stereocenters. The molecule has 106 valence electrons. The monoisotopic (exact) mass is 302 g/mol. The van der Waals surface area contributed by atoms with Crippen molar-refractivity contribution in [3.8, 4) is 0 Å². The number of benzene rings is 1. The summed E-state index contributed by atoms with van der Waals surface area (Å²) in [5.41, 5.74) is 6.45. The van der Waals surface area contributed by atoms with E-state index in [2.05, 4.69) is 20.8 Å². The first-order valence-electron chi connectivity index (χ1n) is 6.07. The number of nitrogen functional groups attached to an aromatic ring is 1. The number of carbonyl (C=O) groups excluding carboxylic acids is 1. The predicted molar refractivity (Wildman–Crippen MR) is 81.9 cm³/mol. The van der Waals surface area contributed by atoms with Gasteiger partial charge in [0.15, 0.2) is 0 Å². The molecule has 0 spiro atoms. The van der Waals surface area contributed by atoms with Crippen molar-refractivity contribution in [1.29, 1.82) is 0 Å². The van der Waals surface area contributed by atoms with Crippen LogP contribution in [0.2, 0.25) is 10.0 Å². The first-order chi connectivity index (χ1) is 8.55. The molecule has 1 rings (SSSR count). The summed E-state index contributed by atoms with van der Waals surface area (Å²) in [6.07, 6.45) is 0. The van der Waals surface area contributed by atoms with Crippen molar-refractivity contribution in [2.45, 2.75) is 33.7 Å². The van der Waals surface area contributed by atoms with E-state index in [9.17, 15) is 4.79 Å². The van der Waals surface area contributed by atoms with Crippen LogP contribution in [0.25, 0.3) is 0 Å². The van der Waals surface area contributed by atoms with Crippen molar-refractivity contribution in [3.63, 3.8) is 0 Å². The van der Waals surface area contributed by atoms with Crippen LogP contribution in [0.4, 0.5) is 5.69 Å². The van der Waals surface area contributed by atoms with E-state index in [1.807, 2.05) is 6.92 Å². The van der Waals surface area contributed by atoms with Crippen molar-refractivity contribution in [3.05, 3.63) is 27.7 Å². The average molecular weight is 303 g/mol. The summed E-state index contributed by atoms with van der Waals surface area (Å²) in [5, 5.41) is 0.538. The molecule has 1 aromatic carbocycles. The van der Waals surface area contributed by atoms with Gasteiger partial charge in [0.1, 0.15) is 0 Å². The number of amides is 1. The van der Waals surface area contributed by atoms with Gasteiger partial charge < -0.3 is 10.6 Å². The van der Waals surface area contributed by atoms with Crippen molar-refractivity contribution in [1.82, 2.24) is 4.90 Å². The molecule has 5 heteroatoms. The maximum atomic E-state index is 12.5. The lowest BCUT2D eigenvalue weighted by molar-refractivity contribution is 0.0629. The molecule has 1 unspecified atom stereocenters. The molecule has 1 aromatic rings. The Morgan fingerprint density at radius 2 is 1.84 bits per heavy atom. The number of nitrogens with zero attached hydrogens (tertiary/aromatic N) is 1. The van der Waals surface area contributed by atoms with E-state index in [0.29, 0.717) is 16.3 Å². The standard InChI is InChI=1S/C14H20Cl2N2O/c1-8(14(2,3)4)18(5)13(19)10-6-9(17)7-11(15)12(10)16/h6-8H,17H2,1-5H3. The number of nitrogens with two attached hydrogens (primary N) is 1. The summed E-state index contributed by atoms with van der Waals surface area (Å²) in [6.45, 7) is 8.24. The lowest BCUT2D eigenvalue weighted by atomic mass is 9.87. The minimum absolute atomic E-state index is 0.0268. The molecule has 19 heavy (non-hydrogen) atoms. The summed E-state index contributed by atoms with van der Waals surface area (Å²) in [5.74, 6) is -0.179. The van der Waals surface area contributed by atoms with E-state index in [1.54, 1.807) is 18.0 Å². The Kier molecular flexibility index (Phi) is 4.75. The Morgan fingerprint density at radius 3 is 2.32 bits per heavy atom. The van der Waals surface area contributed by atoms with Gasteiger partial charge in [-0.25, -0.2) is 0 Å². The molecule has 0 fully saturated rings. The molecule has 2 N–H and O–H groups in total. The van der Waals surface area contributed by atoms with Crippen molar-refractivity contribution < 1.29 is 4.79 Å². The normalized spacial score (nSPS) is 13.2. The average Bonchev–Trinajstić information content (AvgIpc) is 2.29. The van der Waals surface area contributed by atoms with Crippen LogP contribution < -0.4 is 5.73 Å². The van der Waals surface area contributed by atoms with Gasteiger partial charge in [0.2, 0.25) is 0 Å². The molecule has 0 bridgehead atoms. The molecule has 1 amide bonds. The Morgan fingerprint density at radius 1 is 1.32 bits per heavy atom. The molecule has 0 saturated heterocycles. The largest absolute Gasteiger partial charge is 0.399 e. The molecule has 0 radical (unpaired) electrons. The van der Waals surface area contributed by atoms with Gasteiger partial charge in [0.25, 0.3) is 5.91 Å². The SMILES string of the molecule is CC(N(C)C(=O)c1cc(N)cc(Cl)c1Cl)C(C)(C)C. The second kappa shape index (κ2) is 5.59. The predicted octanol–water partition coefficient (Wildman–Crippen LogP) is 4.08. The summed E-state index contributed by atoms with van der Waals surface area (Å²) in [4.78, 5) is 14.1. The zero-order chi connectivity index (χ0) is 15.0. The summed E-state index contributed by atoms with van der Waals surface area (Å²) in [7, 11) is 1.76. The van der Waals surface area contributed by atoms with Crippen molar-refractivity contribution in [2.24, 2.45) is 5.41 Å². The Balaban J connectivity index is 3.14. The number of anilines is 1. The molecule has 0 saturated carbocycles. The quantitative estimate of drug-likeness (QED) is 0.837. The number of rotatable bonds is 2. The fourth-order valence-corrected chi connectivity index (χ4v) is 2.13. The van der Waals surface area contributed by atoms with Crippen LogP contribution in [0, 0.1) is 5.41 Å². The smallest absolute Gasteiger partial charge is 0.255 e. The lowest BCUT2D eigenvalue weighted by Gasteiger charge is -2.35. The van der Waals surface area contributed by atoms with Gasteiger partial charge in [0, 0.05) is 18.8 Å². The highest BCUT2D eigenvalue weighted by molar-refractivity contribution is 6.44. The van der Waals surface area contributed by atoms with Crippen molar-refractivity contribution in [2.75, 3.05) is 12.8 Å². The maximum Gasteiger partial charge on any atom is 0.255 e. The van der Waals surface area contributed by atoms with E-state index in [-0.39, 0.29) is 22.4 Å². The summed E-state index contributed by atoms with van der Waals surface area (Å²) in [6, 6.07) is 3.15. The van der Waals surface area contributed by atoms with Crippen LogP contribution in [0.5, 0.6) is 0 Å². The van der Waals surface area contributed by atoms with Crippen LogP contribution >= 0.6 is 23.2 Å². The zero-order valence-electron chi connectivity index (χ0n) is 11.9. The third-order valence-corrected chi connectivity index (χ3v) is 4.24. The van der Waals surface area contributed by atoms with Crippen LogP contribution in [-0.4, -0.2) is 23.9 Å². The lowest BCUT2D eigenvalue weighted by Crippen LogP contribution is -2.43. The summed E-state index contributed by atoms with van der Waals surface area (Å²) >= 11 is 12.0. The second-order valence-electron chi connectivity index (χ2n) is 5.82. The van der Waals surface area contributed by atoms with E-state index in [1.165, 1.54) is 6.07 Å². The minimum Gasteiger partial charge on any atom is -0.399 e. The highest BCUT2D eigenvalue weighted by Crippen LogP contribution is 2.31. The van der Waals surface area contributed by atoms with Crippen LogP contribution in [0.1, 0.15) is 38.1 Å². The molecule has 3 nitrogen and oxygen atoms in total. The van der Waals surface area contributed by atoms with Gasteiger partial charge in [-0.3, -0.25) is 4.79 Å². The topological polar surface area (TPSA) is 46.3 Å². The fourth-order valence-electron chi connectivity index (χ4n) is 1.71. The van der Waals surface area contributed by atoms with Gasteiger partial charge >= 0.3 is 0 Å². The molecule has 0 aromatic heterocycles. The maximum absolute atomic E-state index is 12.5. The van der Waals surface area contributed by atoms with Crippen LogP contribution in [-0.2, 0) is 0 Å². The molecule has 0 aliphatic rings. The van der Waals surface area contributed by atoms with Gasteiger partial charge in [0.05, 0.1) is 15.6 Å². The highest BCUT2D eigenvalue weighted by atomic mass is 35.5. The third-order valence-electron chi connectivity index (χ3n) is 3.44. The molecule has 0 aliphatic heterocycles. The minimum atomic E-state index is -0.179. The first kappa shape index (κ1) is 16.1. The highest BCUT2D eigenvalue weighted by Gasteiger charge is 2.29. The van der Waals surface area contributed by atoms with Crippen molar-refractivity contribution >= 4 is 34.8 Å².